The van der Waals surface area contributed by atoms with Crippen LogP contribution in [0.2, 0.25) is 0 Å². The van der Waals surface area contributed by atoms with E-state index in [-0.39, 0.29) is 5.91 Å². The van der Waals surface area contributed by atoms with Crippen molar-refractivity contribution in [2.45, 2.75) is 13.8 Å². The van der Waals surface area contributed by atoms with Gasteiger partial charge >= 0.3 is 0 Å². The number of carbonyl (C=O) groups excluding carboxylic acids is 1. The van der Waals surface area contributed by atoms with E-state index in [1.54, 1.807) is 24.5 Å². The smallest absolute Gasteiger partial charge is 0.272 e. The van der Waals surface area contributed by atoms with Crippen LogP contribution in [0.15, 0.2) is 49.1 Å². The Balaban J connectivity index is 1.41. The molecule has 148 valence electrons. The van der Waals surface area contributed by atoms with Gasteiger partial charge in [0.2, 0.25) is 5.95 Å². The molecule has 3 heterocycles. The highest BCUT2D eigenvalue weighted by atomic mass is 16.2. The third-order valence-electron chi connectivity index (χ3n) is 5.07. The van der Waals surface area contributed by atoms with Crippen molar-refractivity contribution >= 4 is 23.4 Å². The van der Waals surface area contributed by atoms with Gasteiger partial charge in [-0.1, -0.05) is 6.07 Å². The van der Waals surface area contributed by atoms with Gasteiger partial charge in [-0.05, 0) is 43.2 Å². The number of amides is 1. The van der Waals surface area contributed by atoms with E-state index in [0.717, 1.165) is 5.69 Å². The Hall–Kier alpha value is -3.55. The highest BCUT2D eigenvalue weighted by Gasteiger charge is 2.24. The molecule has 0 radical (unpaired) electrons. The molecule has 8 heteroatoms. The van der Waals surface area contributed by atoms with E-state index in [4.69, 9.17) is 0 Å². The summed E-state index contributed by atoms with van der Waals surface area (Å²) < 4.78 is 0. The summed E-state index contributed by atoms with van der Waals surface area (Å²) in [5.74, 6) is 1.20. The maximum absolute atomic E-state index is 12.9. The highest BCUT2D eigenvalue weighted by molar-refractivity contribution is 5.93. The number of anilines is 3. The number of hydrogen-bond donors (Lipinski definition) is 1. The molecule has 1 saturated heterocycles. The molecule has 3 aromatic rings. The molecule has 1 aliphatic heterocycles. The number of nitrogens with zero attached hydrogens (tertiary/aromatic N) is 6. The fourth-order valence-electron chi connectivity index (χ4n) is 3.24. The average molecular weight is 389 g/mol. The third-order valence-corrected chi connectivity index (χ3v) is 5.07. The summed E-state index contributed by atoms with van der Waals surface area (Å²) in [6, 6.07) is 9.60. The van der Waals surface area contributed by atoms with Gasteiger partial charge in [0.25, 0.3) is 5.91 Å². The van der Waals surface area contributed by atoms with Crippen LogP contribution >= 0.6 is 0 Å². The fourth-order valence-corrected chi connectivity index (χ4v) is 3.24. The van der Waals surface area contributed by atoms with E-state index in [2.05, 4.69) is 56.1 Å². The molecule has 4 rings (SSSR count). The van der Waals surface area contributed by atoms with E-state index in [9.17, 15) is 4.79 Å². The molecular formula is C21H23N7O. The van der Waals surface area contributed by atoms with Crippen LogP contribution in [0.4, 0.5) is 17.5 Å². The third kappa shape index (κ3) is 4.31. The van der Waals surface area contributed by atoms with Crippen LogP contribution in [0.25, 0.3) is 0 Å². The summed E-state index contributed by atoms with van der Waals surface area (Å²) in [5, 5.41) is 3.25. The molecule has 0 saturated carbocycles. The molecule has 0 spiro atoms. The lowest BCUT2D eigenvalue weighted by atomic mass is 10.1. The minimum absolute atomic E-state index is 0.0934. The quantitative estimate of drug-likeness (QED) is 0.734. The summed E-state index contributed by atoms with van der Waals surface area (Å²) in [6.07, 6.45) is 4.88. The van der Waals surface area contributed by atoms with Crippen molar-refractivity contribution in [2.75, 3.05) is 36.4 Å². The molecule has 2 aromatic heterocycles. The first-order valence-electron chi connectivity index (χ1n) is 9.58. The normalized spacial score (nSPS) is 14.0. The topological polar surface area (TPSA) is 87.1 Å². The number of aromatic nitrogens is 4. The second-order valence-corrected chi connectivity index (χ2v) is 7.04. The molecular weight excluding hydrogens is 366 g/mol. The van der Waals surface area contributed by atoms with Crippen molar-refractivity contribution in [1.29, 1.82) is 0 Å². The van der Waals surface area contributed by atoms with Crippen molar-refractivity contribution in [3.05, 3.63) is 65.9 Å². The number of piperazine rings is 1. The fraction of sp³-hybridized carbons (Fsp3) is 0.286. The van der Waals surface area contributed by atoms with Gasteiger partial charge in [0, 0.05) is 50.3 Å². The predicted octanol–water partition coefficient (Wildman–Crippen LogP) is 2.59. The second-order valence-electron chi connectivity index (χ2n) is 7.04. The first-order chi connectivity index (χ1) is 14.1. The zero-order chi connectivity index (χ0) is 20.2. The van der Waals surface area contributed by atoms with Gasteiger partial charge in [0.1, 0.15) is 17.8 Å². The monoisotopic (exact) mass is 389 g/mol. The van der Waals surface area contributed by atoms with Gasteiger partial charge in [-0.2, -0.15) is 0 Å². The summed E-state index contributed by atoms with van der Waals surface area (Å²) in [4.78, 5) is 33.8. The second kappa shape index (κ2) is 8.22. The summed E-state index contributed by atoms with van der Waals surface area (Å²) in [7, 11) is 0. The molecule has 8 nitrogen and oxygen atoms in total. The lowest BCUT2D eigenvalue weighted by molar-refractivity contribution is 0.0740. The Bertz CT molecular complexity index is 1000. The molecule has 1 N–H and O–H groups in total. The molecule has 0 aliphatic carbocycles. The van der Waals surface area contributed by atoms with E-state index in [0.29, 0.717) is 43.6 Å². The van der Waals surface area contributed by atoms with Crippen LogP contribution in [0.3, 0.4) is 0 Å². The predicted molar refractivity (Wildman–Crippen MR) is 111 cm³/mol. The van der Waals surface area contributed by atoms with Gasteiger partial charge in [0.15, 0.2) is 0 Å². The van der Waals surface area contributed by atoms with Crippen LogP contribution in [-0.4, -0.2) is 56.9 Å². The summed E-state index contributed by atoms with van der Waals surface area (Å²) in [6.45, 7) is 6.71. The number of benzene rings is 1. The van der Waals surface area contributed by atoms with Gasteiger partial charge in [-0.25, -0.2) is 19.9 Å². The average Bonchev–Trinajstić information content (AvgIpc) is 2.77. The van der Waals surface area contributed by atoms with Gasteiger partial charge in [0.05, 0.1) is 0 Å². The molecule has 1 aliphatic rings. The molecule has 0 bridgehead atoms. The van der Waals surface area contributed by atoms with E-state index >= 15 is 0 Å². The van der Waals surface area contributed by atoms with E-state index < -0.39 is 0 Å². The number of rotatable bonds is 4. The molecule has 0 atom stereocenters. The largest absolute Gasteiger partial charge is 0.340 e. The maximum atomic E-state index is 12.9. The van der Waals surface area contributed by atoms with Crippen LogP contribution in [0.5, 0.6) is 0 Å². The molecule has 1 amide bonds. The van der Waals surface area contributed by atoms with Gasteiger partial charge in [-0.3, -0.25) is 4.79 Å². The van der Waals surface area contributed by atoms with Crippen molar-refractivity contribution in [1.82, 2.24) is 24.8 Å². The van der Waals surface area contributed by atoms with Crippen molar-refractivity contribution < 1.29 is 4.79 Å². The van der Waals surface area contributed by atoms with Crippen molar-refractivity contribution in [2.24, 2.45) is 0 Å². The van der Waals surface area contributed by atoms with Crippen LogP contribution in [-0.2, 0) is 0 Å². The van der Waals surface area contributed by atoms with Gasteiger partial charge in [-0.15, -0.1) is 0 Å². The summed E-state index contributed by atoms with van der Waals surface area (Å²) in [5.41, 5.74) is 3.74. The zero-order valence-electron chi connectivity index (χ0n) is 16.5. The van der Waals surface area contributed by atoms with E-state index in [1.807, 2.05) is 11.0 Å². The minimum Gasteiger partial charge on any atom is -0.340 e. The van der Waals surface area contributed by atoms with E-state index in [1.165, 1.54) is 17.5 Å². The first kappa shape index (κ1) is 18.8. The summed E-state index contributed by atoms with van der Waals surface area (Å²) >= 11 is 0. The number of carbonyl (C=O) groups is 1. The maximum Gasteiger partial charge on any atom is 0.272 e. The highest BCUT2D eigenvalue weighted by Crippen LogP contribution is 2.19. The van der Waals surface area contributed by atoms with Crippen molar-refractivity contribution in [3.63, 3.8) is 0 Å². The zero-order valence-corrected chi connectivity index (χ0v) is 16.5. The molecule has 0 unspecified atom stereocenters. The minimum atomic E-state index is -0.0934. The molecule has 29 heavy (non-hydrogen) atoms. The number of hydrogen-bond acceptors (Lipinski definition) is 7. The Labute approximate surface area is 169 Å². The first-order valence-corrected chi connectivity index (χ1v) is 9.58. The van der Waals surface area contributed by atoms with Crippen molar-refractivity contribution in [3.8, 4) is 0 Å². The molecule has 1 fully saturated rings. The Kier molecular flexibility index (Phi) is 5.33. The lowest BCUT2D eigenvalue weighted by Gasteiger charge is -2.34. The van der Waals surface area contributed by atoms with Gasteiger partial charge < -0.3 is 15.1 Å². The Morgan fingerprint density at radius 3 is 2.41 bits per heavy atom. The Morgan fingerprint density at radius 2 is 1.69 bits per heavy atom. The van der Waals surface area contributed by atoms with Crippen LogP contribution in [0.1, 0.15) is 21.6 Å². The SMILES string of the molecule is Cc1ccc(Nc2cc(C(=O)N3CCN(c4ncccn4)CC3)ncn2)cc1C. The Morgan fingerprint density at radius 1 is 0.931 bits per heavy atom. The number of nitrogens with one attached hydrogen (secondary N) is 1. The molecule has 1 aromatic carbocycles. The lowest BCUT2D eigenvalue weighted by Crippen LogP contribution is -2.49. The standard InChI is InChI=1S/C21H23N7O/c1-15-4-5-17(12-16(15)2)26-19-13-18(24-14-25-19)20(29)27-8-10-28(11-9-27)21-22-6-3-7-23-21/h3-7,12-14H,8-11H2,1-2H3,(H,24,25,26). The van der Waals surface area contributed by atoms with Crippen LogP contribution in [0, 0.1) is 13.8 Å². The van der Waals surface area contributed by atoms with Crippen LogP contribution < -0.4 is 10.2 Å². The number of aryl methyl sites for hydroxylation is 2.